The summed E-state index contributed by atoms with van der Waals surface area (Å²) in [6.07, 6.45) is 0.947. The average Bonchev–Trinajstić information content (AvgIpc) is 2.53. The first kappa shape index (κ1) is 17.0. The molecule has 2 aromatic carbocycles. The van der Waals surface area contributed by atoms with Crippen LogP contribution in [0.25, 0.3) is 0 Å². The molecular weight excluding hydrogens is 308 g/mol. The number of nitrogens with one attached hydrogen (secondary N) is 2. The van der Waals surface area contributed by atoms with Gasteiger partial charge >= 0.3 is 0 Å². The molecular formula is C18H20N2O2S. The highest BCUT2D eigenvalue weighted by molar-refractivity contribution is 7.80. The first-order valence-electron chi connectivity index (χ1n) is 7.50. The Bertz CT molecular complexity index is 684. The van der Waals surface area contributed by atoms with Gasteiger partial charge in [-0.15, -0.1) is 0 Å². The van der Waals surface area contributed by atoms with Gasteiger partial charge in [0.15, 0.2) is 5.11 Å². The van der Waals surface area contributed by atoms with Crippen LogP contribution in [0.3, 0.4) is 0 Å². The highest BCUT2D eigenvalue weighted by Gasteiger charge is 2.08. The minimum absolute atomic E-state index is 0.235. The summed E-state index contributed by atoms with van der Waals surface area (Å²) < 4.78 is 5.57. The average molecular weight is 328 g/mol. The second-order valence-corrected chi connectivity index (χ2v) is 5.56. The van der Waals surface area contributed by atoms with Gasteiger partial charge in [-0.1, -0.05) is 30.7 Å². The zero-order valence-electron chi connectivity index (χ0n) is 13.3. The van der Waals surface area contributed by atoms with Gasteiger partial charge in [0.2, 0.25) is 0 Å². The number of hydrogen-bond acceptors (Lipinski definition) is 3. The second kappa shape index (κ2) is 8.29. The fourth-order valence-corrected chi connectivity index (χ4v) is 2.14. The maximum atomic E-state index is 12.1. The molecule has 0 unspecified atom stereocenters. The van der Waals surface area contributed by atoms with Crippen LogP contribution >= 0.6 is 12.2 Å². The lowest BCUT2D eigenvalue weighted by molar-refractivity contribution is 0.0977. The van der Waals surface area contributed by atoms with Gasteiger partial charge in [0, 0.05) is 17.3 Å². The van der Waals surface area contributed by atoms with Crippen molar-refractivity contribution in [3.8, 4) is 5.75 Å². The molecule has 2 rings (SSSR count). The first-order chi connectivity index (χ1) is 11.1. The molecule has 0 bridgehead atoms. The van der Waals surface area contributed by atoms with Gasteiger partial charge in [-0.2, -0.15) is 0 Å². The van der Waals surface area contributed by atoms with E-state index >= 15 is 0 Å². The van der Waals surface area contributed by atoms with Crippen LogP contribution in [0.1, 0.15) is 29.3 Å². The number of anilines is 1. The molecule has 2 aromatic rings. The van der Waals surface area contributed by atoms with E-state index in [9.17, 15) is 4.79 Å². The summed E-state index contributed by atoms with van der Waals surface area (Å²) in [5.74, 6) is 0.533. The molecule has 0 heterocycles. The number of rotatable bonds is 5. The van der Waals surface area contributed by atoms with Gasteiger partial charge in [0.1, 0.15) is 5.75 Å². The van der Waals surface area contributed by atoms with Crippen LogP contribution in [0.2, 0.25) is 0 Å². The van der Waals surface area contributed by atoms with Crippen LogP contribution in [0.5, 0.6) is 5.75 Å². The number of carbonyl (C=O) groups is 1. The minimum Gasteiger partial charge on any atom is -0.494 e. The Morgan fingerprint density at radius 3 is 2.61 bits per heavy atom. The summed E-state index contributed by atoms with van der Waals surface area (Å²) in [4.78, 5) is 12.1. The SMILES string of the molecule is CCCOc1cccc(NC(=S)NC(=O)c2ccc(C)cc2)c1. The predicted octanol–water partition coefficient (Wildman–Crippen LogP) is 3.91. The largest absolute Gasteiger partial charge is 0.494 e. The standard InChI is InChI=1S/C18H20N2O2S/c1-3-11-22-16-6-4-5-15(12-16)19-18(23)20-17(21)14-9-7-13(2)8-10-14/h4-10,12H,3,11H2,1-2H3,(H2,19,20,21,23). The number of benzene rings is 2. The number of aryl methyl sites for hydroxylation is 1. The topological polar surface area (TPSA) is 50.4 Å². The molecule has 4 nitrogen and oxygen atoms in total. The molecule has 0 aliphatic heterocycles. The second-order valence-electron chi connectivity index (χ2n) is 5.15. The van der Waals surface area contributed by atoms with Crippen LogP contribution in [-0.2, 0) is 0 Å². The summed E-state index contributed by atoms with van der Waals surface area (Å²) in [6, 6.07) is 14.8. The summed E-state index contributed by atoms with van der Waals surface area (Å²) in [5.41, 5.74) is 2.44. The molecule has 0 radical (unpaired) electrons. The maximum absolute atomic E-state index is 12.1. The first-order valence-corrected chi connectivity index (χ1v) is 7.91. The predicted molar refractivity (Wildman–Crippen MR) is 97.1 cm³/mol. The van der Waals surface area contributed by atoms with Crippen molar-refractivity contribution < 1.29 is 9.53 Å². The van der Waals surface area contributed by atoms with Crippen LogP contribution < -0.4 is 15.4 Å². The highest BCUT2D eigenvalue weighted by Crippen LogP contribution is 2.17. The molecule has 0 saturated carbocycles. The fraction of sp³-hybridized carbons (Fsp3) is 0.222. The van der Waals surface area contributed by atoms with Crippen LogP contribution in [0, 0.1) is 6.92 Å². The third-order valence-electron chi connectivity index (χ3n) is 3.11. The van der Waals surface area contributed by atoms with E-state index in [2.05, 4.69) is 17.6 Å². The molecule has 23 heavy (non-hydrogen) atoms. The smallest absolute Gasteiger partial charge is 0.257 e. The molecule has 0 fully saturated rings. The summed E-state index contributed by atoms with van der Waals surface area (Å²) in [7, 11) is 0. The van der Waals surface area contributed by atoms with E-state index in [1.54, 1.807) is 12.1 Å². The van der Waals surface area contributed by atoms with Gasteiger partial charge in [-0.3, -0.25) is 10.1 Å². The van der Waals surface area contributed by atoms with E-state index in [0.717, 1.165) is 23.4 Å². The number of amides is 1. The lowest BCUT2D eigenvalue weighted by Crippen LogP contribution is -2.34. The van der Waals surface area contributed by atoms with Gasteiger partial charge < -0.3 is 10.1 Å². The molecule has 120 valence electrons. The molecule has 5 heteroatoms. The lowest BCUT2D eigenvalue weighted by Gasteiger charge is -2.11. The van der Waals surface area contributed by atoms with Crippen LogP contribution in [-0.4, -0.2) is 17.6 Å². The van der Waals surface area contributed by atoms with Crippen molar-refractivity contribution in [2.45, 2.75) is 20.3 Å². The number of carbonyl (C=O) groups excluding carboxylic acids is 1. The Balaban J connectivity index is 1.94. The summed E-state index contributed by atoms with van der Waals surface area (Å²) in [5, 5.41) is 5.91. The quantitative estimate of drug-likeness (QED) is 0.817. The van der Waals surface area contributed by atoms with Gasteiger partial charge in [0.05, 0.1) is 6.61 Å². The molecule has 2 N–H and O–H groups in total. The lowest BCUT2D eigenvalue weighted by atomic mass is 10.1. The zero-order chi connectivity index (χ0) is 16.7. The van der Waals surface area contributed by atoms with Crippen molar-refractivity contribution in [1.82, 2.24) is 5.32 Å². The summed E-state index contributed by atoms with van der Waals surface area (Å²) >= 11 is 5.18. The monoisotopic (exact) mass is 328 g/mol. The van der Waals surface area contributed by atoms with E-state index in [4.69, 9.17) is 17.0 Å². The number of thiocarbonyl (C=S) groups is 1. The van der Waals surface area contributed by atoms with Crippen LogP contribution in [0.15, 0.2) is 48.5 Å². The Morgan fingerprint density at radius 2 is 1.91 bits per heavy atom. The third-order valence-corrected chi connectivity index (χ3v) is 3.31. The van der Waals surface area contributed by atoms with E-state index < -0.39 is 0 Å². The normalized spacial score (nSPS) is 10.0. The fourth-order valence-electron chi connectivity index (χ4n) is 1.93. The molecule has 0 aromatic heterocycles. The van der Waals surface area contributed by atoms with E-state index in [1.807, 2.05) is 43.3 Å². The van der Waals surface area contributed by atoms with Crippen molar-refractivity contribution in [2.24, 2.45) is 0 Å². The van der Waals surface area contributed by atoms with Crippen LogP contribution in [0.4, 0.5) is 5.69 Å². The zero-order valence-corrected chi connectivity index (χ0v) is 14.1. The molecule has 0 spiro atoms. The van der Waals surface area contributed by atoms with Crippen molar-refractivity contribution in [1.29, 1.82) is 0 Å². The molecule has 0 aliphatic rings. The Labute approximate surface area is 141 Å². The minimum atomic E-state index is -0.235. The number of ether oxygens (including phenoxy) is 1. The summed E-state index contributed by atoms with van der Waals surface area (Å²) in [6.45, 7) is 4.69. The molecule has 0 aliphatic carbocycles. The van der Waals surface area contributed by atoms with Gasteiger partial charge in [-0.25, -0.2) is 0 Å². The maximum Gasteiger partial charge on any atom is 0.257 e. The van der Waals surface area contributed by atoms with E-state index in [-0.39, 0.29) is 11.0 Å². The van der Waals surface area contributed by atoms with Crippen molar-refractivity contribution >= 4 is 28.9 Å². The molecule has 1 amide bonds. The molecule has 0 atom stereocenters. The van der Waals surface area contributed by atoms with E-state index in [1.165, 1.54) is 0 Å². The Hall–Kier alpha value is -2.40. The third kappa shape index (κ3) is 5.38. The number of hydrogen-bond donors (Lipinski definition) is 2. The van der Waals surface area contributed by atoms with Crippen molar-refractivity contribution in [3.63, 3.8) is 0 Å². The van der Waals surface area contributed by atoms with E-state index in [0.29, 0.717) is 12.2 Å². The van der Waals surface area contributed by atoms with Crippen molar-refractivity contribution in [2.75, 3.05) is 11.9 Å². The Morgan fingerprint density at radius 1 is 1.17 bits per heavy atom. The van der Waals surface area contributed by atoms with Gasteiger partial charge in [0.25, 0.3) is 5.91 Å². The molecule has 0 saturated heterocycles. The van der Waals surface area contributed by atoms with Gasteiger partial charge in [-0.05, 0) is 49.8 Å². The van der Waals surface area contributed by atoms with Crippen molar-refractivity contribution in [3.05, 3.63) is 59.7 Å². The highest BCUT2D eigenvalue weighted by atomic mass is 32.1. The Kier molecular flexibility index (Phi) is 6.11.